The molecule has 0 amide bonds. The van der Waals surface area contributed by atoms with E-state index in [0.717, 1.165) is 53.9 Å². The first-order chi connectivity index (χ1) is 22.5. The van der Waals surface area contributed by atoms with E-state index >= 15 is 0 Å². The second-order valence-electron chi connectivity index (χ2n) is 12.6. The lowest BCUT2D eigenvalue weighted by Crippen LogP contribution is -2.34. The van der Waals surface area contributed by atoms with Crippen molar-refractivity contribution in [2.45, 2.75) is 84.2 Å². The Morgan fingerprint density at radius 2 is 1.56 bits per heavy atom. The van der Waals surface area contributed by atoms with Crippen LogP contribution < -0.4 is 9.80 Å². The summed E-state index contributed by atoms with van der Waals surface area (Å²) in [4.78, 5) is 16.6. The van der Waals surface area contributed by atoms with Crippen LogP contribution in [0.4, 0.5) is 38.0 Å². The molecule has 3 aromatic rings. The van der Waals surface area contributed by atoms with Crippen molar-refractivity contribution in [3.05, 3.63) is 63.7 Å². The molecule has 1 atom stereocenters. The molecule has 2 aromatic carbocycles. The SMILES string of the molecule is CCO.Cc1cc(C)c2c(c1)[C@@H](N(Cc1cc(C(F)(F)F)cc(C(F)(F)F)c1)c1nnn(C)n1)CCCN2C[C@H]1CC[C@H](C(=O)O)CC1. The number of rotatable bonds is 7. The zero-order valence-electron chi connectivity index (χ0n) is 27.4. The third kappa shape index (κ3) is 8.97. The fourth-order valence-corrected chi connectivity index (χ4v) is 6.85. The van der Waals surface area contributed by atoms with Crippen molar-refractivity contribution in [3.8, 4) is 0 Å². The van der Waals surface area contributed by atoms with Gasteiger partial charge >= 0.3 is 18.3 Å². The Morgan fingerprint density at radius 3 is 2.08 bits per heavy atom. The molecule has 48 heavy (non-hydrogen) atoms. The van der Waals surface area contributed by atoms with Crippen molar-refractivity contribution in [1.82, 2.24) is 20.2 Å². The van der Waals surface area contributed by atoms with Gasteiger partial charge in [-0.05, 0) is 105 Å². The highest BCUT2D eigenvalue weighted by Gasteiger charge is 2.38. The van der Waals surface area contributed by atoms with E-state index in [4.69, 9.17) is 5.11 Å². The van der Waals surface area contributed by atoms with Crippen LogP contribution in [-0.2, 0) is 30.7 Å². The number of carbonyl (C=O) groups is 1. The minimum absolute atomic E-state index is 0.0963. The van der Waals surface area contributed by atoms with Crippen LogP contribution in [0.15, 0.2) is 30.3 Å². The van der Waals surface area contributed by atoms with Gasteiger partial charge in [0.05, 0.1) is 30.1 Å². The van der Waals surface area contributed by atoms with Crippen molar-refractivity contribution in [3.63, 3.8) is 0 Å². The lowest BCUT2D eigenvalue weighted by Gasteiger charge is -2.36. The molecule has 0 bridgehead atoms. The number of carboxylic acid groups (broad SMARTS) is 1. The normalized spacial score (nSPS) is 20.0. The number of tetrazole rings is 1. The Hall–Kier alpha value is -3.88. The molecule has 15 heteroatoms. The van der Waals surface area contributed by atoms with Crippen molar-refractivity contribution in [2.24, 2.45) is 18.9 Å². The maximum absolute atomic E-state index is 13.7. The second-order valence-corrected chi connectivity index (χ2v) is 12.6. The number of anilines is 2. The van der Waals surface area contributed by atoms with Gasteiger partial charge in [0.1, 0.15) is 0 Å². The standard InChI is InChI=1S/C31H36F6N6O2.C2H6O/c1-18-11-19(2)27-25(12-18)26(5-4-10-42(27)16-20-6-8-22(9-7-20)28(44)45)43(29-38-40-41(3)39-29)17-21-13-23(30(32,33)34)15-24(14-21)31(35,36)37;1-2-3/h11-15,20,22,26H,4-10,16-17H2,1-3H3,(H,44,45);3H,2H2,1H3/t20-,22-,26-;/m0./s1. The molecule has 0 unspecified atom stereocenters. The van der Waals surface area contributed by atoms with E-state index in [1.165, 1.54) is 11.8 Å². The molecule has 1 aliphatic heterocycles. The number of aryl methyl sites for hydroxylation is 3. The predicted molar refractivity (Wildman–Crippen MR) is 167 cm³/mol. The van der Waals surface area contributed by atoms with Crippen LogP contribution in [0.5, 0.6) is 0 Å². The monoisotopic (exact) mass is 684 g/mol. The highest BCUT2D eigenvalue weighted by molar-refractivity contribution is 5.70. The number of fused-ring (bicyclic) bond motifs is 1. The average molecular weight is 685 g/mol. The van der Waals surface area contributed by atoms with Crippen LogP contribution in [0.2, 0.25) is 0 Å². The average Bonchev–Trinajstić information content (AvgIpc) is 3.34. The molecule has 5 rings (SSSR count). The Morgan fingerprint density at radius 1 is 0.958 bits per heavy atom. The van der Waals surface area contributed by atoms with Crippen LogP contribution in [0.3, 0.4) is 0 Å². The van der Waals surface area contributed by atoms with E-state index in [1.807, 2.05) is 19.9 Å². The summed E-state index contributed by atoms with van der Waals surface area (Å²) >= 11 is 0. The Balaban J connectivity index is 0.00000167. The minimum Gasteiger partial charge on any atom is -0.481 e. The number of alkyl halides is 6. The number of halogens is 6. The molecule has 0 saturated heterocycles. The van der Waals surface area contributed by atoms with Gasteiger partial charge in [0, 0.05) is 31.9 Å². The molecule has 0 spiro atoms. The summed E-state index contributed by atoms with van der Waals surface area (Å²) < 4.78 is 82.4. The number of hydrogen-bond acceptors (Lipinski definition) is 7. The molecule has 1 aromatic heterocycles. The highest BCUT2D eigenvalue weighted by atomic mass is 19.4. The van der Waals surface area contributed by atoms with Crippen molar-refractivity contribution in [2.75, 3.05) is 29.5 Å². The van der Waals surface area contributed by atoms with Crippen LogP contribution in [0, 0.1) is 25.7 Å². The van der Waals surface area contributed by atoms with Gasteiger partial charge in [-0.2, -0.15) is 31.1 Å². The quantitative estimate of drug-likeness (QED) is 0.254. The Bertz CT molecular complexity index is 1520. The summed E-state index contributed by atoms with van der Waals surface area (Å²) in [5.74, 6) is -0.690. The summed E-state index contributed by atoms with van der Waals surface area (Å²) in [7, 11) is 1.54. The minimum atomic E-state index is -4.97. The predicted octanol–water partition coefficient (Wildman–Crippen LogP) is 7.10. The first-order valence-corrected chi connectivity index (χ1v) is 16.0. The molecular weight excluding hydrogens is 642 g/mol. The summed E-state index contributed by atoms with van der Waals surface area (Å²) in [6.07, 6.45) is -5.87. The number of aromatic nitrogens is 4. The number of hydrogen-bond donors (Lipinski definition) is 2. The van der Waals surface area contributed by atoms with Crippen LogP contribution >= 0.6 is 0 Å². The van der Waals surface area contributed by atoms with Gasteiger partial charge < -0.3 is 20.0 Å². The van der Waals surface area contributed by atoms with Crippen LogP contribution in [0.1, 0.15) is 84.9 Å². The number of aliphatic hydroxyl groups is 1. The molecule has 2 heterocycles. The van der Waals surface area contributed by atoms with E-state index in [2.05, 4.69) is 26.4 Å². The number of carboxylic acids is 1. The zero-order valence-corrected chi connectivity index (χ0v) is 27.4. The summed E-state index contributed by atoms with van der Waals surface area (Å²) in [5.41, 5.74) is 0.892. The van der Waals surface area contributed by atoms with E-state index in [0.29, 0.717) is 38.1 Å². The van der Waals surface area contributed by atoms with Gasteiger partial charge in [-0.1, -0.05) is 22.8 Å². The van der Waals surface area contributed by atoms with Gasteiger partial charge in [0.2, 0.25) is 0 Å². The van der Waals surface area contributed by atoms with Gasteiger partial charge in [0.15, 0.2) is 0 Å². The topological polar surface area (TPSA) is 108 Å². The van der Waals surface area contributed by atoms with Gasteiger partial charge in [0.25, 0.3) is 5.95 Å². The Labute approximate surface area is 275 Å². The number of nitrogens with zero attached hydrogens (tertiary/aromatic N) is 6. The molecule has 2 aliphatic rings. The molecule has 0 radical (unpaired) electrons. The fraction of sp³-hybridized carbons (Fsp3) is 0.576. The van der Waals surface area contributed by atoms with Crippen LogP contribution in [0.25, 0.3) is 0 Å². The highest BCUT2D eigenvalue weighted by Crippen LogP contribution is 2.43. The van der Waals surface area contributed by atoms with Gasteiger partial charge in [-0.15, -0.1) is 5.10 Å². The number of benzene rings is 2. The zero-order chi connectivity index (χ0) is 35.4. The maximum Gasteiger partial charge on any atom is 0.416 e. The first-order valence-electron chi connectivity index (χ1n) is 16.0. The van der Waals surface area contributed by atoms with Crippen molar-refractivity contribution in [1.29, 1.82) is 0 Å². The Kier molecular flexibility index (Phi) is 11.6. The molecular formula is C33H42F6N6O3. The lowest BCUT2D eigenvalue weighted by atomic mass is 9.81. The first kappa shape index (κ1) is 36.9. The third-order valence-electron chi connectivity index (χ3n) is 8.86. The molecule has 1 saturated carbocycles. The van der Waals surface area contributed by atoms with Crippen LogP contribution in [-0.4, -0.2) is 56.1 Å². The van der Waals surface area contributed by atoms with Gasteiger partial charge in [-0.3, -0.25) is 4.79 Å². The maximum atomic E-state index is 13.7. The van der Waals surface area contributed by atoms with E-state index < -0.39 is 35.5 Å². The second kappa shape index (κ2) is 15.1. The van der Waals surface area contributed by atoms with E-state index in [1.54, 1.807) is 11.8 Å². The third-order valence-corrected chi connectivity index (χ3v) is 8.86. The largest absolute Gasteiger partial charge is 0.481 e. The lowest BCUT2D eigenvalue weighted by molar-refractivity contribution is -0.144. The van der Waals surface area contributed by atoms with E-state index in [-0.39, 0.29) is 36.6 Å². The smallest absolute Gasteiger partial charge is 0.416 e. The molecule has 1 aliphatic carbocycles. The number of aliphatic carboxylic acids is 1. The van der Waals surface area contributed by atoms with Crippen molar-refractivity contribution >= 4 is 17.6 Å². The summed E-state index contributed by atoms with van der Waals surface area (Å²) in [5, 5.41) is 29.4. The molecule has 264 valence electrons. The van der Waals surface area contributed by atoms with Gasteiger partial charge in [-0.25, -0.2) is 0 Å². The number of aliphatic hydroxyl groups excluding tert-OH is 1. The van der Waals surface area contributed by atoms with Crippen molar-refractivity contribution < 1.29 is 41.4 Å². The fourth-order valence-electron chi connectivity index (χ4n) is 6.85. The summed E-state index contributed by atoms with van der Waals surface area (Å²) in [6, 6.07) is 5.23. The molecule has 2 N–H and O–H groups in total. The molecule has 9 nitrogen and oxygen atoms in total. The van der Waals surface area contributed by atoms with E-state index in [9.17, 15) is 36.2 Å². The molecule has 1 fully saturated rings. The summed E-state index contributed by atoms with van der Waals surface area (Å²) in [6.45, 7) is 6.97.